The van der Waals surface area contributed by atoms with Crippen molar-refractivity contribution in [3.63, 3.8) is 0 Å². The molecule has 0 radical (unpaired) electrons. The fourth-order valence-corrected chi connectivity index (χ4v) is 0.812. The molecule has 0 saturated carbocycles. The van der Waals surface area contributed by atoms with E-state index in [4.69, 9.17) is 28.7 Å². The predicted octanol–water partition coefficient (Wildman–Crippen LogP) is -1.14. The summed E-state index contributed by atoms with van der Waals surface area (Å²) in [6, 6.07) is 1.50. The van der Waals surface area contributed by atoms with Gasteiger partial charge in [-0.05, 0) is 0 Å². The lowest BCUT2D eigenvalue weighted by molar-refractivity contribution is 1.19. The highest BCUT2D eigenvalue weighted by Gasteiger charge is 1.97. The van der Waals surface area contributed by atoms with Crippen molar-refractivity contribution in [1.82, 2.24) is 19.9 Å². The van der Waals surface area contributed by atoms with Crippen LogP contribution in [0.3, 0.4) is 0 Å². The van der Waals surface area contributed by atoms with Gasteiger partial charge in [0, 0.05) is 6.07 Å². The van der Waals surface area contributed by atoms with E-state index in [1.54, 1.807) is 0 Å². The molecule has 10 N–H and O–H groups in total. The van der Waals surface area contributed by atoms with E-state index in [0.717, 1.165) is 0 Å². The van der Waals surface area contributed by atoms with Crippen LogP contribution in [0.1, 0.15) is 0 Å². The maximum absolute atomic E-state index is 5.31. The minimum absolute atomic E-state index is 0.225. The van der Waals surface area contributed by atoms with E-state index in [0.29, 0.717) is 11.6 Å². The zero-order chi connectivity index (χ0) is 12.8. The summed E-state index contributed by atoms with van der Waals surface area (Å²) in [5.41, 5.74) is 26.5. The lowest BCUT2D eigenvalue weighted by Crippen LogP contribution is -2.03. The zero-order valence-corrected chi connectivity index (χ0v) is 8.91. The van der Waals surface area contributed by atoms with Crippen molar-refractivity contribution in [2.24, 2.45) is 0 Å². The molecule has 9 heteroatoms. The molecular weight excluding hydrogens is 222 g/mol. The Kier molecular flexibility index (Phi) is 3.81. The second kappa shape index (κ2) is 5.30. The van der Waals surface area contributed by atoms with Gasteiger partial charge >= 0.3 is 0 Å². The molecule has 17 heavy (non-hydrogen) atoms. The van der Waals surface area contributed by atoms with Gasteiger partial charge in [-0.15, -0.1) is 0 Å². The summed E-state index contributed by atoms with van der Waals surface area (Å²) in [5, 5.41) is 0. The van der Waals surface area contributed by atoms with Crippen molar-refractivity contribution < 1.29 is 0 Å². The largest absolute Gasteiger partial charge is 0.393 e. The summed E-state index contributed by atoms with van der Waals surface area (Å²) >= 11 is 0. The molecular formula is C8H13N9. The van der Waals surface area contributed by atoms with Gasteiger partial charge in [0.2, 0.25) is 0 Å². The van der Waals surface area contributed by atoms with E-state index in [9.17, 15) is 0 Å². The fourth-order valence-electron chi connectivity index (χ4n) is 0.812. The summed E-state index contributed by atoms with van der Waals surface area (Å²) in [5.74, 6) is 1.25. The Morgan fingerprint density at radius 3 is 1.35 bits per heavy atom. The Bertz CT molecular complexity index is 461. The van der Waals surface area contributed by atoms with Gasteiger partial charge in [0.25, 0.3) is 0 Å². The predicted molar refractivity (Wildman–Crippen MR) is 66.1 cm³/mol. The van der Waals surface area contributed by atoms with Crippen LogP contribution in [0.25, 0.3) is 0 Å². The second-order valence-corrected chi connectivity index (χ2v) is 2.93. The lowest BCUT2D eigenvalue weighted by Gasteiger charge is -1.98. The molecule has 2 aromatic heterocycles. The van der Waals surface area contributed by atoms with Crippen LogP contribution < -0.4 is 28.7 Å². The third-order valence-corrected chi connectivity index (χ3v) is 1.65. The van der Waals surface area contributed by atoms with Gasteiger partial charge in [0.05, 0.1) is 0 Å². The Morgan fingerprint density at radius 2 is 1.06 bits per heavy atom. The number of nitrogens with zero attached hydrogens (tertiary/aromatic N) is 4. The molecule has 0 aliphatic carbocycles. The Balaban J connectivity index is 0.000000171. The molecule has 9 nitrogen and oxygen atoms in total. The summed E-state index contributed by atoms with van der Waals surface area (Å²) in [6.07, 6.45) is 2.59. The molecule has 0 aromatic carbocycles. The summed E-state index contributed by atoms with van der Waals surface area (Å²) in [6.45, 7) is 0. The fraction of sp³-hybridized carbons (Fsp3) is 0. The van der Waals surface area contributed by atoms with Gasteiger partial charge in [-0.2, -0.15) is 0 Å². The second-order valence-electron chi connectivity index (χ2n) is 2.93. The third-order valence-electron chi connectivity index (χ3n) is 1.65. The normalized spacial score (nSPS) is 9.18. The van der Waals surface area contributed by atoms with Crippen molar-refractivity contribution >= 4 is 29.0 Å². The molecule has 0 aliphatic rings. The first-order chi connectivity index (χ1) is 8.00. The van der Waals surface area contributed by atoms with Gasteiger partial charge in [-0.25, -0.2) is 19.9 Å². The minimum Gasteiger partial charge on any atom is -0.393 e. The van der Waals surface area contributed by atoms with Crippen LogP contribution in [0.5, 0.6) is 0 Å². The molecule has 0 amide bonds. The maximum Gasteiger partial charge on any atom is 0.152 e. The zero-order valence-electron chi connectivity index (χ0n) is 8.91. The molecule has 90 valence electrons. The van der Waals surface area contributed by atoms with Crippen LogP contribution in [0, 0.1) is 0 Å². The molecule has 0 atom stereocenters. The van der Waals surface area contributed by atoms with Crippen molar-refractivity contribution in [1.29, 1.82) is 0 Å². The van der Waals surface area contributed by atoms with Crippen LogP contribution in [-0.4, -0.2) is 19.9 Å². The quantitative estimate of drug-likeness (QED) is 0.377. The van der Waals surface area contributed by atoms with E-state index >= 15 is 0 Å². The Labute approximate surface area is 97.1 Å². The molecule has 0 saturated heterocycles. The number of rotatable bonds is 0. The van der Waals surface area contributed by atoms with E-state index in [1.165, 1.54) is 18.7 Å². The SMILES string of the molecule is Nc1cc(N)ncn1.Nc1ncnc(N)c1N. The molecule has 2 rings (SSSR count). The summed E-state index contributed by atoms with van der Waals surface area (Å²) in [7, 11) is 0. The van der Waals surface area contributed by atoms with Crippen molar-refractivity contribution in [2.75, 3.05) is 28.7 Å². The first-order valence-corrected chi connectivity index (χ1v) is 4.45. The van der Waals surface area contributed by atoms with Crippen LogP contribution >= 0.6 is 0 Å². The number of nitrogens with two attached hydrogens (primary N) is 5. The van der Waals surface area contributed by atoms with Crippen LogP contribution in [0.2, 0.25) is 0 Å². The highest BCUT2D eigenvalue weighted by Crippen LogP contribution is 2.14. The highest BCUT2D eigenvalue weighted by molar-refractivity contribution is 5.69. The maximum atomic E-state index is 5.31. The standard InChI is InChI=1S/C4H7N5.C4H6N4/c5-2-3(6)8-1-9-4(2)7;5-3-1-4(6)8-2-7-3/h1H,5H2,(H4,6,7,8,9);1-2H,(H4,5,6,7,8). The number of nitrogen functional groups attached to an aromatic ring is 5. The summed E-state index contributed by atoms with van der Waals surface area (Å²) < 4.78 is 0. The van der Waals surface area contributed by atoms with Gasteiger partial charge in [-0.3, -0.25) is 0 Å². The molecule has 0 unspecified atom stereocenters. The van der Waals surface area contributed by atoms with E-state index in [1.807, 2.05) is 0 Å². The topological polar surface area (TPSA) is 182 Å². The molecule has 0 spiro atoms. The minimum atomic E-state index is 0.225. The third kappa shape index (κ3) is 3.66. The first-order valence-electron chi connectivity index (χ1n) is 4.45. The monoisotopic (exact) mass is 235 g/mol. The highest BCUT2D eigenvalue weighted by atomic mass is 15.0. The molecule has 0 aliphatic heterocycles. The molecule has 2 aromatic rings. The number of aromatic nitrogens is 4. The van der Waals surface area contributed by atoms with Crippen molar-refractivity contribution in [2.45, 2.75) is 0 Å². The molecule has 0 fully saturated rings. The number of hydrogen-bond acceptors (Lipinski definition) is 9. The van der Waals surface area contributed by atoms with Gasteiger partial charge in [0.15, 0.2) is 11.6 Å². The van der Waals surface area contributed by atoms with Crippen LogP contribution in [0.4, 0.5) is 29.0 Å². The van der Waals surface area contributed by atoms with Crippen molar-refractivity contribution in [3.05, 3.63) is 18.7 Å². The number of hydrogen-bond donors (Lipinski definition) is 5. The van der Waals surface area contributed by atoms with E-state index in [2.05, 4.69) is 19.9 Å². The number of anilines is 5. The van der Waals surface area contributed by atoms with Crippen LogP contribution in [0.15, 0.2) is 18.7 Å². The smallest absolute Gasteiger partial charge is 0.152 e. The molecule has 2 heterocycles. The van der Waals surface area contributed by atoms with Crippen LogP contribution in [-0.2, 0) is 0 Å². The van der Waals surface area contributed by atoms with E-state index in [-0.39, 0.29) is 17.3 Å². The Hall–Kier alpha value is -2.84. The van der Waals surface area contributed by atoms with E-state index < -0.39 is 0 Å². The summed E-state index contributed by atoms with van der Waals surface area (Å²) in [4.78, 5) is 14.5. The van der Waals surface area contributed by atoms with Gasteiger partial charge < -0.3 is 28.7 Å². The average Bonchev–Trinajstić information content (AvgIpc) is 2.26. The first kappa shape index (κ1) is 12.2. The lowest BCUT2D eigenvalue weighted by atomic mass is 10.4. The van der Waals surface area contributed by atoms with Gasteiger partial charge in [0.1, 0.15) is 30.0 Å². The Morgan fingerprint density at radius 1 is 0.647 bits per heavy atom. The van der Waals surface area contributed by atoms with Crippen molar-refractivity contribution in [3.8, 4) is 0 Å². The average molecular weight is 235 g/mol. The van der Waals surface area contributed by atoms with Gasteiger partial charge in [-0.1, -0.05) is 0 Å². The molecule has 0 bridgehead atoms.